The summed E-state index contributed by atoms with van der Waals surface area (Å²) >= 11 is 0. The molecule has 0 heterocycles. The topological polar surface area (TPSA) is 79.9 Å². The lowest BCUT2D eigenvalue weighted by atomic mass is 9.89. The number of ether oxygens (including phenoxy) is 1. The standard InChI is InChI=1S/C16H27N3O2/c1-12-9-13(15(17)19-20)5-6-14(12)10-18-11-16(2,3)7-8-21-4/h5-6,9,18,20H,7-8,10-11H2,1-4H3,(H2,17,19). The number of benzene rings is 1. The highest BCUT2D eigenvalue weighted by Gasteiger charge is 2.16. The van der Waals surface area contributed by atoms with E-state index in [0.717, 1.165) is 37.2 Å². The zero-order valence-electron chi connectivity index (χ0n) is 13.4. The molecule has 0 spiro atoms. The van der Waals surface area contributed by atoms with Gasteiger partial charge in [-0.25, -0.2) is 0 Å². The second kappa shape index (κ2) is 8.00. The van der Waals surface area contributed by atoms with E-state index >= 15 is 0 Å². The minimum Gasteiger partial charge on any atom is -0.409 e. The molecule has 0 saturated carbocycles. The fourth-order valence-electron chi connectivity index (χ4n) is 2.11. The van der Waals surface area contributed by atoms with Gasteiger partial charge in [-0.3, -0.25) is 0 Å². The van der Waals surface area contributed by atoms with Crippen LogP contribution in [0.25, 0.3) is 0 Å². The first kappa shape index (κ1) is 17.5. The van der Waals surface area contributed by atoms with Gasteiger partial charge in [-0.15, -0.1) is 0 Å². The highest BCUT2D eigenvalue weighted by Crippen LogP contribution is 2.19. The number of nitrogens with one attached hydrogen (secondary N) is 1. The molecule has 4 N–H and O–H groups in total. The lowest BCUT2D eigenvalue weighted by Crippen LogP contribution is -2.30. The molecule has 0 saturated heterocycles. The Morgan fingerprint density at radius 1 is 1.43 bits per heavy atom. The van der Waals surface area contributed by atoms with Crippen LogP contribution >= 0.6 is 0 Å². The summed E-state index contributed by atoms with van der Waals surface area (Å²) in [5.74, 6) is 0.137. The first-order chi connectivity index (χ1) is 9.89. The van der Waals surface area contributed by atoms with E-state index in [9.17, 15) is 0 Å². The maximum absolute atomic E-state index is 8.69. The van der Waals surface area contributed by atoms with Gasteiger partial charge in [0.2, 0.25) is 0 Å². The van der Waals surface area contributed by atoms with Gasteiger partial charge in [0.15, 0.2) is 5.84 Å². The maximum atomic E-state index is 8.69. The molecule has 0 atom stereocenters. The number of hydrogen-bond donors (Lipinski definition) is 3. The van der Waals surface area contributed by atoms with Gasteiger partial charge < -0.3 is 21.0 Å². The molecule has 0 radical (unpaired) electrons. The Kier molecular flexibility index (Phi) is 6.65. The van der Waals surface area contributed by atoms with Gasteiger partial charge in [-0.1, -0.05) is 31.1 Å². The summed E-state index contributed by atoms with van der Waals surface area (Å²) in [4.78, 5) is 0. The van der Waals surface area contributed by atoms with E-state index in [1.807, 2.05) is 25.1 Å². The third-order valence-corrected chi connectivity index (χ3v) is 3.65. The van der Waals surface area contributed by atoms with Crippen LogP contribution in [0.4, 0.5) is 0 Å². The SMILES string of the molecule is COCCC(C)(C)CNCc1ccc(/C(N)=N/O)cc1C. The molecule has 5 heteroatoms. The number of aryl methyl sites for hydroxylation is 1. The van der Waals surface area contributed by atoms with Crippen molar-refractivity contribution in [1.82, 2.24) is 5.32 Å². The fraction of sp³-hybridized carbons (Fsp3) is 0.562. The van der Waals surface area contributed by atoms with Crippen LogP contribution in [0.3, 0.4) is 0 Å². The first-order valence-corrected chi connectivity index (χ1v) is 7.17. The maximum Gasteiger partial charge on any atom is 0.170 e. The van der Waals surface area contributed by atoms with E-state index < -0.39 is 0 Å². The largest absolute Gasteiger partial charge is 0.409 e. The van der Waals surface area contributed by atoms with E-state index in [4.69, 9.17) is 15.7 Å². The molecule has 1 aromatic rings. The minimum absolute atomic E-state index is 0.137. The Bertz CT molecular complexity index is 484. The summed E-state index contributed by atoms with van der Waals surface area (Å²) in [6, 6.07) is 5.81. The average Bonchev–Trinajstić information content (AvgIpc) is 2.46. The van der Waals surface area contributed by atoms with Crippen molar-refractivity contribution in [1.29, 1.82) is 0 Å². The minimum atomic E-state index is 0.137. The van der Waals surface area contributed by atoms with Crippen molar-refractivity contribution >= 4 is 5.84 Å². The molecule has 21 heavy (non-hydrogen) atoms. The molecule has 0 amide bonds. The number of hydrogen-bond acceptors (Lipinski definition) is 4. The van der Waals surface area contributed by atoms with Crippen LogP contribution in [-0.4, -0.2) is 31.3 Å². The second-order valence-corrected chi connectivity index (χ2v) is 6.14. The van der Waals surface area contributed by atoms with Crippen LogP contribution < -0.4 is 11.1 Å². The lowest BCUT2D eigenvalue weighted by Gasteiger charge is -2.25. The first-order valence-electron chi connectivity index (χ1n) is 7.17. The van der Waals surface area contributed by atoms with Gasteiger partial charge in [0.25, 0.3) is 0 Å². The van der Waals surface area contributed by atoms with Crippen LogP contribution in [0.2, 0.25) is 0 Å². The smallest absolute Gasteiger partial charge is 0.170 e. The number of oxime groups is 1. The quantitative estimate of drug-likeness (QED) is 0.297. The summed E-state index contributed by atoms with van der Waals surface area (Å²) < 4.78 is 5.14. The highest BCUT2D eigenvalue weighted by atomic mass is 16.5. The third kappa shape index (κ3) is 5.73. The number of methoxy groups -OCH3 is 1. The van der Waals surface area contributed by atoms with Gasteiger partial charge in [-0.05, 0) is 36.0 Å². The molecular weight excluding hydrogens is 266 g/mol. The normalized spacial score (nSPS) is 12.7. The Balaban J connectivity index is 2.56. The molecule has 0 aliphatic heterocycles. The zero-order chi connectivity index (χ0) is 15.9. The molecule has 1 aromatic carbocycles. The van der Waals surface area contributed by atoms with Crippen molar-refractivity contribution in [3.05, 3.63) is 34.9 Å². The number of nitrogens with two attached hydrogens (primary N) is 1. The number of nitrogens with zero attached hydrogens (tertiary/aromatic N) is 1. The van der Waals surface area contributed by atoms with Crippen LogP contribution in [0, 0.1) is 12.3 Å². The monoisotopic (exact) mass is 293 g/mol. The molecule has 0 aliphatic carbocycles. The Hall–Kier alpha value is -1.59. The molecule has 118 valence electrons. The summed E-state index contributed by atoms with van der Waals surface area (Å²) in [7, 11) is 1.73. The Morgan fingerprint density at radius 3 is 2.71 bits per heavy atom. The molecule has 0 bridgehead atoms. The van der Waals surface area contributed by atoms with Crippen molar-refractivity contribution in [2.45, 2.75) is 33.7 Å². The van der Waals surface area contributed by atoms with Gasteiger partial charge >= 0.3 is 0 Å². The number of amidine groups is 1. The Morgan fingerprint density at radius 2 is 2.14 bits per heavy atom. The lowest BCUT2D eigenvalue weighted by molar-refractivity contribution is 0.150. The van der Waals surface area contributed by atoms with Gasteiger partial charge in [0.1, 0.15) is 0 Å². The summed E-state index contributed by atoms with van der Waals surface area (Å²) in [5.41, 5.74) is 8.87. The summed E-state index contributed by atoms with van der Waals surface area (Å²) in [6.07, 6.45) is 1.03. The van der Waals surface area contributed by atoms with Crippen LogP contribution in [0.1, 0.15) is 37.0 Å². The van der Waals surface area contributed by atoms with Gasteiger partial charge in [-0.2, -0.15) is 0 Å². The Labute approximate surface area is 127 Å². The molecule has 1 rings (SSSR count). The predicted molar refractivity (Wildman–Crippen MR) is 85.7 cm³/mol. The van der Waals surface area contributed by atoms with Crippen LogP contribution in [0.15, 0.2) is 23.4 Å². The van der Waals surface area contributed by atoms with E-state index in [1.54, 1.807) is 7.11 Å². The second-order valence-electron chi connectivity index (χ2n) is 6.14. The zero-order valence-corrected chi connectivity index (χ0v) is 13.4. The van der Waals surface area contributed by atoms with E-state index in [0.29, 0.717) is 0 Å². The van der Waals surface area contributed by atoms with Crippen LogP contribution in [0.5, 0.6) is 0 Å². The average molecular weight is 293 g/mol. The van der Waals surface area contributed by atoms with E-state index in [1.165, 1.54) is 5.56 Å². The third-order valence-electron chi connectivity index (χ3n) is 3.65. The van der Waals surface area contributed by atoms with Crippen molar-refractivity contribution in [2.75, 3.05) is 20.3 Å². The van der Waals surface area contributed by atoms with Crippen molar-refractivity contribution in [2.24, 2.45) is 16.3 Å². The molecule has 0 unspecified atom stereocenters. The van der Waals surface area contributed by atoms with Crippen molar-refractivity contribution < 1.29 is 9.94 Å². The summed E-state index contributed by atoms with van der Waals surface area (Å²) in [6.45, 7) is 9.00. The van der Waals surface area contributed by atoms with Gasteiger partial charge in [0.05, 0.1) is 0 Å². The highest BCUT2D eigenvalue weighted by molar-refractivity contribution is 5.97. The number of rotatable bonds is 8. The van der Waals surface area contributed by atoms with E-state index in [2.05, 4.69) is 24.3 Å². The molecular formula is C16H27N3O2. The molecule has 0 aliphatic rings. The van der Waals surface area contributed by atoms with E-state index in [-0.39, 0.29) is 11.3 Å². The molecule has 0 aromatic heterocycles. The van der Waals surface area contributed by atoms with Crippen LogP contribution in [-0.2, 0) is 11.3 Å². The fourth-order valence-corrected chi connectivity index (χ4v) is 2.11. The molecule has 5 nitrogen and oxygen atoms in total. The van der Waals surface area contributed by atoms with Crippen molar-refractivity contribution in [3.8, 4) is 0 Å². The molecule has 0 fully saturated rings. The van der Waals surface area contributed by atoms with Crippen molar-refractivity contribution in [3.63, 3.8) is 0 Å². The summed E-state index contributed by atoms with van der Waals surface area (Å²) in [5, 5.41) is 15.2. The van der Waals surface area contributed by atoms with Gasteiger partial charge in [0, 0.05) is 32.4 Å². The predicted octanol–water partition coefficient (Wildman–Crippen LogP) is 2.24.